The van der Waals surface area contributed by atoms with Crippen LogP contribution in [0.2, 0.25) is 0 Å². The van der Waals surface area contributed by atoms with Gasteiger partial charge < -0.3 is 19.9 Å². The van der Waals surface area contributed by atoms with Crippen molar-refractivity contribution in [2.45, 2.75) is 52.6 Å². The van der Waals surface area contributed by atoms with Gasteiger partial charge in [-0.05, 0) is 24.0 Å². The van der Waals surface area contributed by atoms with Crippen molar-refractivity contribution >= 4 is 29.9 Å². The van der Waals surface area contributed by atoms with E-state index in [9.17, 15) is 13.2 Å². The van der Waals surface area contributed by atoms with E-state index in [1.807, 2.05) is 39.0 Å². The maximum atomic E-state index is 12.1. The summed E-state index contributed by atoms with van der Waals surface area (Å²) in [5.74, 6) is 1.66. The van der Waals surface area contributed by atoms with Gasteiger partial charge in [0.2, 0.25) is 0 Å². The monoisotopic (exact) mass is 540 g/mol. The van der Waals surface area contributed by atoms with Crippen LogP contribution in [0.4, 0.5) is 13.2 Å². The highest BCUT2D eigenvalue weighted by Crippen LogP contribution is 2.16. The van der Waals surface area contributed by atoms with Gasteiger partial charge in [-0.1, -0.05) is 43.3 Å². The largest absolute Gasteiger partial charge is 0.411 e. The molecule has 0 aliphatic rings. The predicted molar refractivity (Wildman–Crippen MR) is 120 cm³/mol. The van der Waals surface area contributed by atoms with Gasteiger partial charge in [0.15, 0.2) is 11.7 Å². The molecule has 0 saturated carbocycles. The molecule has 0 amide bonds. The van der Waals surface area contributed by atoms with Crippen LogP contribution in [0.15, 0.2) is 39.8 Å². The molecule has 0 unspecified atom stereocenters. The Balaban J connectivity index is 0.00000450. The normalized spacial score (nSPS) is 12.0. The van der Waals surface area contributed by atoms with Crippen molar-refractivity contribution in [1.29, 1.82) is 0 Å². The van der Waals surface area contributed by atoms with Crippen molar-refractivity contribution < 1.29 is 22.4 Å². The fourth-order valence-electron chi connectivity index (χ4n) is 2.39. The van der Waals surface area contributed by atoms with E-state index in [1.165, 1.54) is 0 Å². The number of alkyl halides is 3. The molecule has 0 fully saturated rings. The summed E-state index contributed by atoms with van der Waals surface area (Å²) in [5, 5.41) is 10.4. The molecule has 0 radical (unpaired) electrons. The molecule has 2 N–H and O–H groups in total. The first-order valence-corrected chi connectivity index (χ1v) is 9.46. The molecule has 0 spiro atoms. The summed E-state index contributed by atoms with van der Waals surface area (Å²) in [6.45, 7) is 6.33. The van der Waals surface area contributed by atoms with E-state index in [-0.39, 0.29) is 30.6 Å². The molecule has 0 aliphatic carbocycles. The first-order valence-electron chi connectivity index (χ1n) is 9.46. The van der Waals surface area contributed by atoms with Crippen LogP contribution in [-0.4, -0.2) is 30.4 Å². The molecule has 168 valence electrons. The van der Waals surface area contributed by atoms with Gasteiger partial charge in [-0.3, -0.25) is 0 Å². The molecule has 30 heavy (non-hydrogen) atoms. The minimum Gasteiger partial charge on any atom is -0.367 e. The van der Waals surface area contributed by atoms with E-state index in [1.54, 1.807) is 12.1 Å². The van der Waals surface area contributed by atoms with Crippen LogP contribution in [0.25, 0.3) is 0 Å². The number of benzene rings is 1. The van der Waals surface area contributed by atoms with Crippen LogP contribution in [0.3, 0.4) is 0 Å². The summed E-state index contributed by atoms with van der Waals surface area (Å²) in [4.78, 5) is 4.52. The third-order valence-electron chi connectivity index (χ3n) is 3.92. The minimum atomic E-state index is -4.31. The highest BCUT2D eigenvalue weighted by Gasteiger charge is 2.27. The Morgan fingerprint density at radius 2 is 1.83 bits per heavy atom. The lowest BCUT2D eigenvalue weighted by molar-refractivity contribution is -0.176. The van der Waals surface area contributed by atoms with E-state index >= 15 is 0 Å². The summed E-state index contributed by atoms with van der Waals surface area (Å²) >= 11 is 0. The standard InChI is InChI=1S/C20H27F3N4O2.HI/c1-4-24-19(26-11-17-9-18(14(2)3)27-29-17)25-10-15-5-7-16(8-6-15)12-28-13-20(21,22)23;/h5-9,14H,4,10-13H2,1-3H3,(H2,24,25,26);1H. The van der Waals surface area contributed by atoms with Crippen LogP contribution >= 0.6 is 24.0 Å². The van der Waals surface area contributed by atoms with Crippen LogP contribution in [0.1, 0.15) is 49.3 Å². The molecule has 0 atom stereocenters. The first kappa shape index (κ1) is 26.2. The van der Waals surface area contributed by atoms with E-state index in [2.05, 4.69) is 25.5 Å². The van der Waals surface area contributed by atoms with Gasteiger partial charge in [-0.2, -0.15) is 13.2 Å². The maximum absolute atomic E-state index is 12.1. The van der Waals surface area contributed by atoms with Crippen LogP contribution in [0, 0.1) is 0 Å². The predicted octanol–water partition coefficient (Wildman–Crippen LogP) is 4.75. The fourth-order valence-corrected chi connectivity index (χ4v) is 2.39. The van der Waals surface area contributed by atoms with Crippen molar-refractivity contribution in [3.05, 3.63) is 52.9 Å². The van der Waals surface area contributed by atoms with Crippen molar-refractivity contribution in [2.75, 3.05) is 13.2 Å². The lowest BCUT2D eigenvalue weighted by Gasteiger charge is -2.10. The van der Waals surface area contributed by atoms with Crippen molar-refractivity contribution in [3.63, 3.8) is 0 Å². The van der Waals surface area contributed by atoms with E-state index < -0.39 is 12.8 Å². The molecule has 1 aromatic carbocycles. The molecule has 10 heteroatoms. The average Bonchev–Trinajstić information content (AvgIpc) is 3.13. The average molecular weight is 540 g/mol. The van der Waals surface area contributed by atoms with Gasteiger partial charge in [0, 0.05) is 12.6 Å². The zero-order chi connectivity index (χ0) is 21.3. The van der Waals surface area contributed by atoms with Gasteiger partial charge in [-0.15, -0.1) is 24.0 Å². The van der Waals surface area contributed by atoms with E-state index in [0.29, 0.717) is 37.1 Å². The van der Waals surface area contributed by atoms with Gasteiger partial charge >= 0.3 is 6.18 Å². The molecule has 6 nitrogen and oxygen atoms in total. The maximum Gasteiger partial charge on any atom is 0.411 e. The number of hydrogen-bond donors (Lipinski definition) is 2. The quantitative estimate of drug-likeness (QED) is 0.273. The second-order valence-corrected chi connectivity index (χ2v) is 6.85. The highest BCUT2D eigenvalue weighted by atomic mass is 127. The summed E-state index contributed by atoms with van der Waals surface area (Å²) in [5.41, 5.74) is 2.52. The minimum absolute atomic E-state index is 0. The Morgan fingerprint density at radius 1 is 1.17 bits per heavy atom. The van der Waals surface area contributed by atoms with Gasteiger partial charge in [0.1, 0.15) is 6.61 Å². The van der Waals surface area contributed by atoms with E-state index in [4.69, 9.17) is 4.52 Å². The van der Waals surface area contributed by atoms with Crippen LogP contribution in [-0.2, 0) is 24.4 Å². The zero-order valence-corrected chi connectivity index (χ0v) is 19.6. The Kier molecular flexibility index (Phi) is 11.2. The summed E-state index contributed by atoms with van der Waals surface area (Å²) in [7, 11) is 0. The van der Waals surface area contributed by atoms with Crippen LogP contribution in [0.5, 0.6) is 0 Å². The molecule has 0 aliphatic heterocycles. The number of halogens is 4. The number of nitrogens with one attached hydrogen (secondary N) is 2. The third kappa shape index (κ3) is 9.79. The van der Waals surface area contributed by atoms with Crippen molar-refractivity contribution in [3.8, 4) is 0 Å². The second-order valence-electron chi connectivity index (χ2n) is 6.85. The van der Waals surface area contributed by atoms with Gasteiger partial charge in [-0.25, -0.2) is 4.99 Å². The number of ether oxygens (including phenoxy) is 1. The molecule has 2 aromatic rings. The molecule has 1 heterocycles. The molecule has 0 saturated heterocycles. The molecule has 0 bridgehead atoms. The number of aliphatic imine (C=N–C) groups is 1. The molecule has 1 aromatic heterocycles. The lowest BCUT2D eigenvalue weighted by Crippen LogP contribution is -2.36. The van der Waals surface area contributed by atoms with Crippen molar-refractivity contribution in [2.24, 2.45) is 4.99 Å². The summed E-state index contributed by atoms with van der Waals surface area (Å²) in [6.07, 6.45) is -4.31. The number of guanidine groups is 1. The lowest BCUT2D eigenvalue weighted by atomic mass is 10.1. The summed E-state index contributed by atoms with van der Waals surface area (Å²) < 4.78 is 46.3. The zero-order valence-electron chi connectivity index (χ0n) is 17.3. The van der Waals surface area contributed by atoms with Gasteiger partial charge in [0.05, 0.1) is 25.4 Å². The third-order valence-corrected chi connectivity index (χ3v) is 3.92. The Bertz CT molecular complexity index is 777. The topological polar surface area (TPSA) is 71.7 Å². The Morgan fingerprint density at radius 3 is 2.40 bits per heavy atom. The molecular formula is C20H28F3IN4O2. The summed E-state index contributed by atoms with van der Waals surface area (Å²) in [6, 6.07) is 9.04. The molecule has 2 rings (SSSR count). The van der Waals surface area contributed by atoms with E-state index in [0.717, 1.165) is 17.0 Å². The highest BCUT2D eigenvalue weighted by molar-refractivity contribution is 14.0. The second kappa shape index (κ2) is 12.8. The first-order chi connectivity index (χ1) is 13.8. The SMILES string of the molecule is CCNC(=NCc1ccc(COCC(F)(F)F)cc1)NCc1cc(C(C)C)no1.I. The molecular weight excluding hydrogens is 512 g/mol. The number of rotatable bonds is 9. The Hall–Kier alpha value is -1.82. The van der Waals surface area contributed by atoms with Gasteiger partial charge in [0.25, 0.3) is 0 Å². The van der Waals surface area contributed by atoms with Crippen molar-refractivity contribution in [1.82, 2.24) is 15.8 Å². The number of hydrogen-bond acceptors (Lipinski definition) is 4. The number of aromatic nitrogens is 1. The fraction of sp³-hybridized carbons (Fsp3) is 0.500. The number of nitrogens with zero attached hydrogens (tertiary/aromatic N) is 2. The van der Waals surface area contributed by atoms with Crippen LogP contribution < -0.4 is 10.6 Å². The Labute approximate surface area is 191 Å². The smallest absolute Gasteiger partial charge is 0.367 e.